The van der Waals surface area contributed by atoms with Crippen LogP contribution in [0.1, 0.15) is 124 Å². The van der Waals surface area contributed by atoms with E-state index in [0.29, 0.717) is 23.9 Å². The van der Waals surface area contributed by atoms with Crippen molar-refractivity contribution in [2.75, 3.05) is 7.05 Å². The molecule has 0 radical (unpaired) electrons. The second-order valence-electron chi connectivity index (χ2n) is 14.7. The predicted molar refractivity (Wildman–Crippen MR) is 201 cm³/mol. The van der Waals surface area contributed by atoms with Crippen LogP contribution in [0.15, 0.2) is 78.0 Å². The van der Waals surface area contributed by atoms with E-state index in [-0.39, 0.29) is 22.6 Å². The first-order valence-corrected chi connectivity index (χ1v) is 17.8. The molecule has 6 nitrogen and oxygen atoms in total. The molecule has 1 aromatic carbocycles. The number of hydrogen-bond acceptors (Lipinski definition) is 6. The number of carbonyl (C=O) groups is 1. The van der Waals surface area contributed by atoms with E-state index in [1.807, 2.05) is 13.8 Å². The second-order valence-corrected chi connectivity index (χ2v) is 15.2. The Bertz CT molecular complexity index is 1350. The average molecular weight is 686 g/mol. The third-order valence-electron chi connectivity index (χ3n) is 8.85. The normalized spacial score (nSPS) is 19.9. The summed E-state index contributed by atoms with van der Waals surface area (Å²) in [7, 11) is 2.13. The minimum Gasteiger partial charge on any atom is -0.405 e. The molecule has 48 heavy (non-hydrogen) atoms. The van der Waals surface area contributed by atoms with Gasteiger partial charge in [0.1, 0.15) is 28.9 Å². The van der Waals surface area contributed by atoms with Gasteiger partial charge in [-0.2, -0.15) is 4.37 Å². The number of H-pyrrole nitrogens is 1. The zero-order valence-corrected chi connectivity index (χ0v) is 31.9. The number of nitrogens with one attached hydrogen (secondary N) is 1. The van der Waals surface area contributed by atoms with Gasteiger partial charge in [0.05, 0.1) is 0 Å². The Kier molecular flexibility index (Phi) is 17.6. The van der Waals surface area contributed by atoms with E-state index in [2.05, 4.69) is 105 Å². The number of aromatic amines is 1. The second kappa shape index (κ2) is 19.7. The van der Waals surface area contributed by atoms with Gasteiger partial charge in [-0.05, 0) is 98.2 Å². The van der Waals surface area contributed by atoms with Crippen LogP contribution in [0.2, 0.25) is 0 Å². The van der Waals surface area contributed by atoms with Crippen molar-refractivity contribution in [2.45, 2.75) is 119 Å². The highest BCUT2D eigenvalue weighted by molar-refractivity contribution is 7.00. The van der Waals surface area contributed by atoms with E-state index in [1.54, 1.807) is 6.92 Å². The van der Waals surface area contributed by atoms with Gasteiger partial charge in [0.25, 0.3) is 0 Å². The summed E-state index contributed by atoms with van der Waals surface area (Å²) < 4.78 is 35.1. The SMILES string of the molecule is C=C(F)\C=C(F)/C=C(C)/C(C=O)=N/C1(N(C)C(CCC(C)(C)C)c2ccc(Cc3ns[nH]3)cc2)CCC(C(C)(C)C)CC1.C=CN.CC. The number of carbonyl (C=O) groups excluding carboxylic acids is 1. The minimum atomic E-state index is -0.883. The van der Waals surface area contributed by atoms with Crippen molar-refractivity contribution in [1.29, 1.82) is 0 Å². The Morgan fingerprint density at radius 2 is 1.69 bits per heavy atom. The highest BCUT2D eigenvalue weighted by Crippen LogP contribution is 2.47. The zero-order chi connectivity index (χ0) is 36.7. The van der Waals surface area contributed by atoms with E-state index in [4.69, 9.17) is 4.99 Å². The first-order valence-electron chi connectivity index (χ1n) is 17.0. The summed E-state index contributed by atoms with van der Waals surface area (Å²) in [6.07, 6.45) is 10.0. The molecule has 3 N–H and O–H groups in total. The van der Waals surface area contributed by atoms with Crippen LogP contribution in [-0.4, -0.2) is 38.4 Å². The molecule has 268 valence electrons. The molecule has 1 aromatic heterocycles. The molecule has 1 aliphatic carbocycles. The van der Waals surface area contributed by atoms with Crippen LogP contribution >= 0.6 is 11.7 Å². The molecule has 0 spiro atoms. The number of allylic oxidation sites excluding steroid dienone is 5. The number of rotatable bonds is 12. The van der Waals surface area contributed by atoms with Crippen molar-refractivity contribution in [3.05, 3.63) is 90.0 Å². The lowest BCUT2D eigenvalue weighted by Gasteiger charge is -2.49. The molecule has 0 aliphatic heterocycles. The Labute approximate surface area is 293 Å². The lowest BCUT2D eigenvalue weighted by molar-refractivity contribution is -0.102. The van der Waals surface area contributed by atoms with Crippen LogP contribution in [0, 0.1) is 16.7 Å². The quantitative estimate of drug-likeness (QED) is 0.132. The van der Waals surface area contributed by atoms with Crippen LogP contribution in [0.3, 0.4) is 0 Å². The summed E-state index contributed by atoms with van der Waals surface area (Å²) in [5.74, 6) is -0.172. The third-order valence-corrected chi connectivity index (χ3v) is 9.49. The van der Waals surface area contributed by atoms with Crippen molar-refractivity contribution < 1.29 is 13.6 Å². The van der Waals surface area contributed by atoms with Gasteiger partial charge in [0.2, 0.25) is 0 Å². The molecule has 1 unspecified atom stereocenters. The molecule has 1 atom stereocenters. The van der Waals surface area contributed by atoms with Gasteiger partial charge in [0, 0.05) is 30.3 Å². The average Bonchev–Trinajstić information content (AvgIpc) is 2.98. The van der Waals surface area contributed by atoms with Crippen molar-refractivity contribution in [1.82, 2.24) is 13.6 Å². The summed E-state index contributed by atoms with van der Waals surface area (Å²) in [6, 6.07) is 8.81. The number of nitrogens with zero attached hydrogens (tertiary/aromatic N) is 3. The standard InChI is InChI=1S/C35H50F2N4OS.C2H5N.C2H6/c1-24(20-29(37)21-25(2)36)30(23-42)38-35(18-14-28(15-19-35)34(6,7)8)41(9)31(16-17-33(3,4)5)27-12-10-26(11-13-27)22-32-39-43-40-32;1-2-3;1-2/h10-13,20-21,23,28,31H,2,14-19,22H2,1,3-9H3,(H,39,40);2H,1,3H2;1-2H3/b24-20+,29-21+,38-30+;;. The van der Waals surface area contributed by atoms with Gasteiger partial charge in [-0.15, -0.1) is 0 Å². The van der Waals surface area contributed by atoms with Crippen molar-refractivity contribution in [3.8, 4) is 0 Å². The Morgan fingerprint density at radius 3 is 2.10 bits per heavy atom. The summed E-state index contributed by atoms with van der Waals surface area (Å²) in [5.41, 5.74) is 7.21. The molecule has 1 aliphatic rings. The van der Waals surface area contributed by atoms with E-state index < -0.39 is 17.3 Å². The topological polar surface area (TPSA) is 87.4 Å². The maximum absolute atomic E-state index is 14.4. The molecule has 0 amide bonds. The van der Waals surface area contributed by atoms with Crippen LogP contribution in [-0.2, 0) is 11.2 Å². The molecule has 1 fully saturated rings. The molecular weight excluding hydrogens is 625 g/mol. The highest BCUT2D eigenvalue weighted by Gasteiger charge is 2.44. The first-order chi connectivity index (χ1) is 22.4. The lowest BCUT2D eigenvalue weighted by atomic mass is 9.69. The molecule has 2 aromatic rings. The molecule has 0 saturated heterocycles. The largest absolute Gasteiger partial charge is 0.405 e. The van der Waals surface area contributed by atoms with Crippen LogP contribution in [0.5, 0.6) is 0 Å². The fourth-order valence-electron chi connectivity index (χ4n) is 6.07. The maximum Gasteiger partial charge on any atom is 0.168 e. The van der Waals surface area contributed by atoms with Gasteiger partial charge < -0.3 is 5.73 Å². The number of nitrogens with two attached hydrogens (primary N) is 1. The minimum absolute atomic E-state index is 0.0571. The molecule has 1 saturated carbocycles. The van der Waals surface area contributed by atoms with Crippen molar-refractivity contribution >= 4 is 23.7 Å². The van der Waals surface area contributed by atoms with Gasteiger partial charge in [-0.25, -0.2) is 8.78 Å². The van der Waals surface area contributed by atoms with Crippen LogP contribution in [0.25, 0.3) is 0 Å². The van der Waals surface area contributed by atoms with Gasteiger partial charge in [-0.1, -0.05) is 92.8 Å². The lowest BCUT2D eigenvalue weighted by Crippen LogP contribution is -2.51. The Morgan fingerprint density at radius 1 is 1.15 bits per heavy atom. The fraction of sp³-hybridized carbons (Fsp3) is 0.564. The fourth-order valence-corrected chi connectivity index (χ4v) is 6.42. The predicted octanol–water partition coefficient (Wildman–Crippen LogP) is 10.8. The number of halogens is 2. The number of hydrogen-bond donors (Lipinski definition) is 2. The number of benzene rings is 1. The molecule has 0 bridgehead atoms. The van der Waals surface area contributed by atoms with E-state index >= 15 is 0 Å². The number of aromatic nitrogens is 2. The first kappa shape index (κ1) is 42.9. The van der Waals surface area contributed by atoms with Gasteiger partial charge in [-0.3, -0.25) is 19.1 Å². The zero-order valence-electron chi connectivity index (χ0n) is 31.1. The van der Waals surface area contributed by atoms with Crippen molar-refractivity contribution in [2.24, 2.45) is 27.5 Å². The molecule has 3 rings (SSSR count). The number of aldehydes is 1. The number of aliphatic imine (C=N–C) groups is 1. The molecular formula is C39H61F2N5OS. The summed E-state index contributed by atoms with van der Waals surface area (Å²) in [5, 5.41) is 0. The summed E-state index contributed by atoms with van der Waals surface area (Å²) in [6.45, 7) is 25.5. The van der Waals surface area contributed by atoms with E-state index in [1.165, 1.54) is 29.1 Å². The molecule has 9 heteroatoms. The highest BCUT2D eigenvalue weighted by atomic mass is 32.1. The van der Waals surface area contributed by atoms with Gasteiger partial charge >= 0.3 is 0 Å². The monoisotopic (exact) mass is 685 g/mol. The smallest absolute Gasteiger partial charge is 0.168 e. The summed E-state index contributed by atoms with van der Waals surface area (Å²) in [4.78, 5) is 20.0. The molecule has 1 heterocycles. The summed E-state index contributed by atoms with van der Waals surface area (Å²) >= 11 is 1.36. The van der Waals surface area contributed by atoms with Crippen LogP contribution in [0.4, 0.5) is 8.78 Å². The Hall–Kier alpha value is -3.17. The van der Waals surface area contributed by atoms with Crippen LogP contribution < -0.4 is 5.73 Å². The van der Waals surface area contributed by atoms with E-state index in [0.717, 1.165) is 56.8 Å². The maximum atomic E-state index is 14.4. The van der Waals surface area contributed by atoms with Crippen molar-refractivity contribution in [3.63, 3.8) is 0 Å². The van der Waals surface area contributed by atoms with Gasteiger partial charge in [0.15, 0.2) is 6.29 Å². The third kappa shape index (κ3) is 13.7. The van der Waals surface area contributed by atoms with E-state index in [9.17, 15) is 13.6 Å². The Balaban J connectivity index is 0.00000218.